The average molecular weight is 153 g/mol. The SMILES string of the molecule is CC1=C(N(C)C)C(C=O)CC1. The number of carbonyl (C=O) groups is 1. The van der Waals surface area contributed by atoms with Crippen molar-refractivity contribution in [2.75, 3.05) is 14.1 Å². The minimum atomic E-state index is 0.157. The lowest BCUT2D eigenvalue weighted by molar-refractivity contribution is -0.110. The molecule has 1 aliphatic rings. The van der Waals surface area contributed by atoms with Crippen LogP contribution in [-0.2, 0) is 4.79 Å². The Morgan fingerprint density at radius 1 is 1.55 bits per heavy atom. The van der Waals surface area contributed by atoms with E-state index >= 15 is 0 Å². The standard InChI is InChI=1S/C9H15NO/c1-7-4-5-8(6-11)9(7)10(2)3/h6,8H,4-5H2,1-3H3. The van der Waals surface area contributed by atoms with E-state index in [0.717, 1.165) is 19.1 Å². The van der Waals surface area contributed by atoms with Gasteiger partial charge in [0, 0.05) is 19.8 Å². The van der Waals surface area contributed by atoms with Crippen molar-refractivity contribution >= 4 is 6.29 Å². The van der Waals surface area contributed by atoms with E-state index in [4.69, 9.17) is 0 Å². The molecule has 0 saturated heterocycles. The van der Waals surface area contributed by atoms with E-state index in [2.05, 4.69) is 11.8 Å². The van der Waals surface area contributed by atoms with Crippen LogP contribution < -0.4 is 0 Å². The first-order valence-corrected chi connectivity index (χ1v) is 3.99. The number of hydrogen-bond donors (Lipinski definition) is 0. The lowest BCUT2D eigenvalue weighted by Gasteiger charge is -2.18. The molecule has 1 aliphatic carbocycles. The first-order chi connectivity index (χ1) is 5.16. The highest BCUT2D eigenvalue weighted by atomic mass is 16.1. The van der Waals surface area contributed by atoms with Crippen molar-refractivity contribution in [3.63, 3.8) is 0 Å². The van der Waals surface area contributed by atoms with Crippen LogP contribution >= 0.6 is 0 Å². The normalized spacial score (nSPS) is 24.1. The number of carbonyl (C=O) groups excluding carboxylic acids is 1. The molecule has 2 nitrogen and oxygen atoms in total. The Morgan fingerprint density at radius 3 is 2.55 bits per heavy atom. The second kappa shape index (κ2) is 3.07. The average Bonchev–Trinajstić information content (AvgIpc) is 2.30. The van der Waals surface area contributed by atoms with Gasteiger partial charge in [-0.05, 0) is 19.8 Å². The Hall–Kier alpha value is -0.790. The highest BCUT2D eigenvalue weighted by molar-refractivity contribution is 5.60. The Balaban J connectivity index is 2.84. The summed E-state index contributed by atoms with van der Waals surface area (Å²) in [5.41, 5.74) is 2.59. The number of hydrogen-bond acceptors (Lipinski definition) is 2. The number of rotatable bonds is 2. The molecule has 0 amide bonds. The molecule has 1 rings (SSSR count). The predicted octanol–water partition coefficient (Wildman–Crippen LogP) is 1.43. The van der Waals surface area contributed by atoms with Gasteiger partial charge in [0.1, 0.15) is 6.29 Å². The van der Waals surface area contributed by atoms with Gasteiger partial charge in [-0.3, -0.25) is 0 Å². The topological polar surface area (TPSA) is 20.3 Å². The zero-order chi connectivity index (χ0) is 8.43. The third-order valence-corrected chi connectivity index (χ3v) is 2.26. The lowest BCUT2D eigenvalue weighted by atomic mass is 10.1. The Kier molecular flexibility index (Phi) is 2.32. The summed E-state index contributed by atoms with van der Waals surface area (Å²) in [6.45, 7) is 2.11. The van der Waals surface area contributed by atoms with Crippen LogP contribution in [0.1, 0.15) is 19.8 Å². The van der Waals surface area contributed by atoms with E-state index in [9.17, 15) is 4.79 Å². The first-order valence-electron chi connectivity index (χ1n) is 3.99. The number of nitrogens with zero attached hydrogens (tertiary/aromatic N) is 1. The van der Waals surface area contributed by atoms with Crippen LogP contribution in [0.15, 0.2) is 11.3 Å². The summed E-state index contributed by atoms with van der Waals surface area (Å²) in [7, 11) is 4.00. The molecule has 0 spiro atoms. The van der Waals surface area contributed by atoms with Crippen molar-refractivity contribution in [2.45, 2.75) is 19.8 Å². The molecular formula is C9H15NO. The van der Waals surface area contributed by atoms with E-state index in [1.807, 2.05) is 14.1 Å². The van der Waals surface area contributed by atoms with Gasteiger partial charge in [-0.25, -0.2) is 0 Å². The molecular weight excluding hydrogens is 138 g/mol. The summed E-state index contributed by atoms with van der Waals surface area (Å²) < 4.78 is 0. The molecule has 0 N–H and O–H groups in total. The zero-order valence-corrected chi connectivity index (χ0v) is 7.42. The second-order valence-corrected chi connectivity index (χ2v) is 3.34. The molecule has 0 aromatic heterocycles. The molecule has 1 atom stereocenters. The van der Waals surface area contributed by atoms with Crippen LogP contribution in [0.25, 0.3) is 0 Å². The molecule has 0 heterocycles. The van der Waals surface area contributed by atoms with Crippen molar-refractivity contribution in [1.82, 2.24) is 4.90 Å². The predicted molar refractivity (Wildman–Crippen MR) is 45.2 cm³/mol. The first kappa shape index (κ1) is 8.31. The highest BCUT2D eigenvalue weighted by Crippen LogP contribution is 2.31. The Labute approximate surface area is 67.9 Å². The van der Waals surface area contributed by atoms with Crippen molar-refractivity contribution in [3.05, 3.63) is 11.3 Å². The maximum atomic E-state index is 10.6. The number of aldehydes is 1. The quantitative estimate of drug-likeness (QED) is 0.559. The molecule has 0 aliphatic heterocycles. The zero-order valence-electron chi connectivity index (χ0n) is 7.42. The van der Waals surface area contributed by atoms with Gasteiger partial charge in [0.2, 0.25) is 0 Å². The fraction of sp³-hybridized carbons (Fsp3) is 0.667. The van der Waals surface area contributed by atoms with Crippen LogP contribution in [0, 0.1) is 5.92 Å². The van der Waals surface area contributed by atoms with Crippen LogP contribution in [0.4, 0.5) is 0 Å². The Bertz CT molecular complexity index is 194. The third-order valence-electron chi connectivity index (χ3n) is 2.26. The fourth-order valence-electron chi connectivity index (χ4n) is 1.80. The molecule has 0 aromatic rings. The van der Waals surface area contributed by atoms with E-state index < -0.39 is 0 Å². The lowest BCUT2D eigenvalue weighted by Crippen LogP contribution is -2.17. The molecule has 0 bridgehead atoms. The van der Waals surface area contributed by atoms with Gasteiger partial charge in [0.15, 0.2) is 0 Å². The van der Waals surface area contributed by atoms with E-state index in [1.54, 1.807) is 0 Å². The third kappa shape index (κ3) is 1.44. The number of allylic oxidation sites excluding steroid dienone is 2. The van der Waals surface area contributed by atoms with Gasteiger partial charge in [-0.1, -0.05) is 5.57 Å². The van der Waals surface area contributed by atoms with Crippen LogP contribution in [0.5, 0.6) is 0 Å². The van der Waals surface area contributed by atoms with Crippen LogP contribution in [0.3, 0.4) is 0 Å². The van der Waals surface area contributed by atoms with Gasteiger partial charge < -0.3 is 9.69 Å². The molecule has 2 heteroatoms. The molecule has 0 fully saturated rings. The van der Waals surface area contributed by atoms with E-state index in [0.29, 0.717) is 0 Å². The van der Waals surface area contributed by atoms with E-state index in [1.165, 1.54) is 11.3 Å². The molecule has 1 unspecified atom stereocenters. The van der Waals surface area contributed by atoms with E-state index in [-0.39, 0.29) is 5.92 Å². The summed E-state index contributed by atoms with van der Waals surface area (Å²) in [4.78, 5) is 12.7. The molecule has 0 saturated carbocycles. The van der Waals surface area contributed by atoms with Crippen molar-refractivity contribution in [1.29, 1.82) is 0 Å². The smallest absolute Gasteiger partial charge is 0.128 e. The van der Waals surface area contributed by atoms with Crippen molar-refractivity contribution in [3.8, 4) is 0 Å². The summed E-state index contributed by atoms with van der Waals surface area (Å²) in [6.07, 6.45) is 3.14. The largest absolute Gasteiger partial charge is 0.380 e. The molecule has 11 heavy (non-hydrogen) atoms. The maximum absolute atomic E-state index is 10.6. The second-order valence-electron chi connectivity index (χ2n) is 3.34. The summed E-state index contributed by atoms with van der Waals surface area (Å²) in [6, 6.07) is 0. The van der Waals surface area contributed by atoms with Gasteiger partial charge in [-0.2, -0.15) is 0 Å². The van der Waals surface area contributed by atoms with Gasteiger partial charge >= 0.3 is 0 Å². The van der Waals surface area contributed by atoms with Crippen molar-refractivity contribution in [2.24, 2.45) is 5.92 Å². The summed E-state index contributed by atoms with van der Waals surface area (Å²) in [5.74, 6) is 0.157. The summed E-state index contributed by atoms with van der Waals surface area (Å²) in [5, 5.41) is 0. The highest BCUT2D eigenvalue weighted by Gasteiger charge is 2.23. The van der Waals surface area contributed by atoms with Gasteiger partial charge in [-0.15, -0.1) is 0 Å². The molecule has 0 radical (unpaired) electrons. The van der Waals surface area contributed by atoms with Gasteiger partial charge in [0.05, 0.1) is 5.92 Å². The van der Waals surface area contributed by atoms with Crippen LogP contribution in [0.2, 0.25) is 0 Å². The summed E-state index contributed by atoms with van der Waals surface area (Å²) >= 11 is 0. The fourth-order valence-corrected chi connectivity index (χ4v) is 1.80. The van der Waals surface area contributed by atoms with Crippen LogP contribution in [-0.4, -0.2) is 25.3 Å². The monoisotopic (exact) mass is 153 g/mol. The van der Waals surface area contributed by atoms with Gasteiger partial charge in [0.25, 0.3) is 0 Å². The minimum Gasteiger partial charge on any atom is -0.380 e. The van der Waals surface area contributed by atoms with Crippen molar-refractivity contribution < 1.29 is 4.79 Å². The Morgan fingerprint density at radius 2 is 2.18 bits per heavy atom. The minimum absolute atomic E-state index is 0.157. The molecule has 62 valence electrons. The molecule has 0 aromatic carbocycles. The maximum Gasteiger partial charge on any atom is 0.128 e.